The summed E-state index contributed by atoms with van der Waals surface area (Å²) in [5.74, 6) is -1.13. The smallest absolute Gasteiger partial charge is 0.252 e. The van der Waals surface area contributed by atoms with Crippen molar-refractivity contribution in [2.24, 2.45) is 0 Å². The fraction of sp³-hybridized carbons (Fsp3) is 0.357. The minimum absolute atomic E-state index is 0.0333. The summed E-state index contributed by atoms with van der Waals surface area (Å²) in [6.07, 6.45) is 3.35. The third-order valence-corrected chi connectivity index (χ3v) is 12.3. The zero-order valence-electron chi connectivity index (χ0n) is 32.5. The monoisotopic (exact) mass is 830 g/mol. The average molecular weight is 831 g/mol. The van der Waals surface area contributed by atoms with Crippen molar-refractivity contribution in [3.8, 4) is 11.6 Å². The lowest BCUT2D eigenvalue weighted by Crippen LogP contribution is -2.49. The van der Waals surface area contributed by atoms with Gasteiger partial charge in [-0.2, -0.15) is 0 Å². The third kappa shape index (κ3) is 10.2. The van der Waals surface area contributed by atoms with Crippen molar-refractivity contribution in [2.45, 2.75) is 74.9 Å². The Labute approximate surface area is 342 Å². The SMILES string of the molecule is C=C[C@H](CCC(=O)NS(=O)(=O)C1CC1)NC(=O)[C@@H]1C[C@@H](Oc2ncc(OC)c3ccc(Cl)cc23)CN1C(=O)CNc1cccc(C(=O)NC(C)(C)c2ccccc2)c1. The van der Waals surface area contributed by atoms with E-state index in [0.717, 1.165) is 5.56 Å². The molecule has 0 bridgehead atoms. The van der Waals surface area contributed by atoms with Crippen molar-refractivity contribution in [1.82, 2.24) is 25.2 Å². The van der Waals surface area contributed by atoms with Gasteiger partial charge in [0.15, 0.2) is 0 Å². The minimum Gasteiger partial charge on any atom is -0.494 e. The van der Waals surface area contributed by atoms with Crippen LogP contribution in [0.25, 0.3) is 10.8 Å². The Morgan fingerprint density at radius 3 is 2.50 bits per heavy atom. The van der Waals surface area contributed by atoms with Crippen molar-refractivity contribution in [2.75, 3.05) is 25.5 Å². The largest absolute Gasteiger partial charge is 0.494 e. The number of amides is 4. The molecule has 16 heteroatoms. The van der Waals surface area contributed by atoms with Crippen LogP contribution in [0.5, 0.6) is 11.6 Å². The molecule has 4 amide bonds. The number of fused-ring (bicyclic) bond motifs is 1. The van der Waals surface area contributed by atoms with Crippen molar-refractivity contribution in [3.63, 3.8) is 0 Å². The van der Waals surface area contributed by atoms with Crippen LogP contribution in [0, 0.1) is 0 Å². The minimum atomic E-state index is -3.71. The van der Waals surface area contributed by atoms with E-state index in [4.69, 9.17) is 21.1 Å². The molecular weight excluding hydrogens is 784 g/mol. The maximum absolute atomic E-state index is 14.0. The van der Waals surface area contributed by atoms with Crippen molar-refractivity contribution < 1.29 is 37.1 Å². The number of halogens is 1. The number of nitrogens with one attached hydrogen (secondary N) is 4. The van der Waals surface area contributed by atoms with E-state index in [0.29, 0.717) is 45.6 Å². The fourth-order valence-electron chi connectivity index (χ4n) is 6.80. The van der Waals surface area contributed by atoms with E-state index < -0.39 is 56.7 Å². The summed E-state index contributed by atoms with van der Waals surface area (Å²) in [5, 5.41) is 10.2. The molecule has 1 aliphatic carbocycles. The van der Waals surface area contributed by atoms with E-state index in [2.05, 4.69) is 32.2 Å². The molecule has 4 aromatic rings. The summed E-state index contributed by atoms with van der Waals surface area (Å²) < 4.78 is 38.4. The summed E-state index contributed by atoms with van der Waals surface area (Å²) in [4.78, 5) is 59.6. The van der Waals surface area contributed by atoms with Gasteiger partial charge in [-0.1, -0.05) is 54.1 Å². The zero-order chi connectivity index (χ0) is 41.6. The molecule has 1 aliphatic heterocycles. The molecule has 6 rings (SSSR count). The summed E-state index contributed by atoms with van der Waals surface area (Å²) in [6.45, 7) is 7.44. The molecule has 0 spiro atoms. The number of carbonyl (C=O) groups excluding carboxylic acids is 4. The van der Waals surface area contributed by atoms with Gasteiger partial charge in [0.25, 0.3) is 5.91 Å². The summed E-state index contributed by atoms with van der Waals surface area (Å²) in [6, 6.07) is 19.9. The quantitative estimate of drug-likeness (QED) is 0.105. The Kier molecular flexibility index (Phi) is 12.9. The van der Waals surface area contributed by atoms with Gasteiger partial charge in [-0.3, -0.25) is 23.9 Å². The van der Waals surface area contributed by atoms with Gasteiger partial charge in [-0.05, 0) is 75.1 Å². The number of aromatic nitrogens is 1. The van der Waals surface area contributed by atoms with E-state index in [1.165, 1.54) is 24.3 Å². The van der Waals surface area contributed by atoms with Gasteiger partial charge in [0.2, 0.25) is 33.6 Å². The molecule has 14 nitrogen and oxygen atoms in total. The average Bonchev–Trinajstić information content (AvgIpc) is 3.99. The number of nitrogens with zero attached hydrogens (tertiary/aromatic N) is 2. The van der Waals surface area contributed by atoms with Crippen LogP contribution in [0.15, 0.2) is 91.6 Å². The number of hydrogen-bond acceptors (Lipinski definition) is 10. The van der Waals surface area contributed by atoms with Gasteiger partial charge in [0.1, 0.15) is 17.9 Å². The van der Waals surface area contributed by atoms with E-state index in [9.17, 15) is 27.6 Å². The number of pyridine rings is 1. The van der Waals surface area contributed by atoms with Crippen molar-refractivity contribution >= 4 is 61.7 Å². The molecule has 306 valence electrons. The van der Waals surface area contributed by atoms with Crippen LogP contribution in [0.4, 0.5) is 5.69 Å². The first kappa shape index (κ1) is 41.9. The number of benzene rings is 3. The highest BCUT2D eigenvalue weighted by Gasteiger charge is 2.42. The lowest BCUT2D eigenvalue weighted by atomic mass is 9.94. The topological polar surface area (TPSA) is 185 Å². The number of methoxy groups -OCH3 is 1. The van der Waals surface area contributed by atoms with E-state index in [1.807, 2.05) is 44.2 Å². The molecule has 3 atom stereocenters. The number of rotatable bonds is 17. The van der Waals surface area contributed by atoms with Gasteiger partial charge in [-0.25, -0.2) is 13.4 Å². The van der Waals surface area contributed by atoms with Crippen LogP contribution < -0.4 is 30.1 Å². The first-order valence-electron chi connectivity index (χ1n) is 18.9. The van der Waals surface area contributed by atoms with Gasteiger partial charge < -0.3 is 30.3 Å². The zero-order valence-corrected chi connectivity index (χ0v) is 34.1. The molecular formula is C42H47ClN6O8S. The predicted molar refractivity (Wildman–Crippen MR) is 221 cm³/mol. The Morgan fingerprint density at radius 1 is 1.03 bits per heavy atom. The van der Waals surface area contributed by atoms with Crippen molar-refractivity contribution in [1.29, 1.82) is 0 Å². The molecule has 1 saturated heterocycles. The molecule has 0 unspecified atom stereocenters. The molecule has 58 heavy (non-hydrogen) atoms. The van der Waals surface area contributed by atoms with Crippen molar-refractivity contribution in [3.05, 3.63) is 108 Å². The first-order valence-corrected chi connectivity index (χ1v) is 20.9. The number of sulfonamides is 1. The Bertz CT molecular complexity index is 2300. The second-order valence-corrected chi connectivity index (χ2v) is 17.3. The Morgan fingerprint density at radius 2 is 1.79 bits per heavy atom. The number of ether oxygens (including phenoxy) is 2. The van der Waals surface area contributed by atoms with Crippen LogP contribution in [-0.2, 0) is 29.9 Å². The lowest BCUT2D eigenvalue weighted by Gasteiger charge is -2.27. The van der Waals surface area contributed by atoms with Crippen LogP contribution in [0.2, 0.25) is 5.02 Å². The third-order valence-electron chi connectivity index (χ3n) is 10.2. The molecule has 1 aromatic heterocycles. The molecule has 2 fully saturated rings. The maximum Gasteiger partial charge on any atom is 0.252 e. The normalized spacial score (nSPS) is 17.2. The van der Waals surface area contributed by atoms with Gasteiger partial charge in [-0.15, -0.1) is 6.58 Å². The van der Waals surface area contributed by atoms with Crippen LogP contribution in [0.3, 0.4) is 0 Å². The number of anilines is 1. The number of likely N-dealkylation sites (tertiary alicyclic amines) is 1. The summed E-state index contributed by atoms with van der Waals surface area (Å²) in [5.41, 5.74) is 1.21. The fourth-order valence-corrected chi connectivity index (χ4v) is 8.32. The first-order chi connectivity index (χ1) is 27.7. The van der Waals surface area contributed by atoms with Crippen LogP contribution in [-0.4, -0.2) is 85.6 Å². The second kappa shape index (κ2) is 17.9. The number of hydrogen-bond donors (Lipinski definition) is 4. The molecule has 3 aromatic carbocycles. The van der Waals surface area contributed by atoms with Crippen LogP contribution in [0.1, 0.15) is 61.9 Å². The Hall–Kier alpha value is -5.67. The highest BCUT2D eigenvalue weighted by molar-refractivity contribution is 7.90. The molecule has 2 aliphatic rings. The highest BCUT2D eigenvalue weighted by atomic mass is 35.5. The standard InChI is InChI=1S/C42H47ClN6O8S/c1-5-29(15-19-37(50)48-58(54,55)32-16-17-32)46-40(53)35-22-31(57-41-34-21-28(43)14-18-33(34)36(56-4)23-45-41)25-49(35)38(51)24-44-30-13-9-10-26(20-30)39(52)47-42(2,3)27-11-7-6-8-12-27/h5-14,18,20-21,23,29,31-32,35,44H,1,15-17,19,22,24-25H2,2-4H3,(H,46,53)(H,47,52)(H,48,50)/t29-,31-,35+/m1/s1. The summed E-state index contributed by atoms with van der Waals surface area (Å²) >= 11 is 6.33. The van der Waals surface area contributed by atoms with Crippen LogP contribution >= 0.6 is 11.6 Å². The Balaban J connectivity index is 1.16. The second-order valence-electron chi connectivity index (χ2n) is 14.9. The van der Waals surface area contributed by atoms with E-state index >= 15 is 0 Å². The van der Waals surface area contributed by atoms with E-state index in [1.54, 1.807) is 42.5 Å². The number of carbonyl (C=O) groups is 4. The molecule has 1 saturated carbocycles. The molecule has 2 heterocycles. The lowest BCUT2D eigenvalue weighted by molar-refractivity contribution is -0.137. The maximum atomic E-state index is 14.0. The van der Waals surface area contributed by atoms with Gasteiger partial charge in [0, 0.05) is 45.9 Å². The van der Waals surface area contributed by atoms with E-state index in [-0.39, 0.29) is 44.1 Å². The molecule has 0 radical (unpaired) electrons. The molecule has 4 N–H and O–H groups in total. The van der Waals surface area contributed by atoms with Gasteiger partial charge in [0.05, 0.1) is 37.2 Å². The highest BCUT2D eigenvalue weighted by Crippen LogP contribution is 2.35. The summed E-state index contributed by atoms with van der Waals surface area (Å²) in [7, 11) is -2.18. The predicted octanol–water partition coefficient (Wildman–Crippen LogP) is 5.08. The van der Waals surface area contributed by atoms with Gasteiger partial charge >= 0.3 is 0 Å².